The van der Waals surface area contributed by atoms with Gasteiger partial charge in [0.05, 0.1) is 10.0 Å². The number of pyridine rings is 1. The van der Waals surface area contributed by atoms with Gasteiger partial charge in [-0.15, -0.1) is 0 Å². The molecule has 142 valence electrons. The molecule has 7 nitrogen and oxygen atoms in total. The zero-order valence-corrected chi connectivity index (χ0v) is 15.9. The topological polar surface area (TPSA) is 106 Å². The van der Waals surface area contributed by atoms with Gasteiger partial charge in [0.1, 0.15) is 11.6 Å². The van der Waals surface area contributed by atoms with Crippen LogP contribution in [0.2, 0.25) is 10.0 Å². The van der Waals surface area contributed by atoms with Gasteiger partial charge in [0.25, 0.3) is 0 Å². The number of anilines is 1. The number of amides is 1. The summed E-state index contributed by atoms with van der Waals surface area (Å²) in [6, 6.07) is 8.06. The molecule has 1 atom stereocenters. The molecular weight excluding hydrogens is 389 g/mol. The number of rotatable bonds is 8. The van der Waals surface area contributed by atoms with Crippen molar-refractivity contribution >= 4 is 46.2 Å². The van der Waals surface area contributed by atoms with E-state index in [1.165, 1.54) is 0 Å². The van der Waals surface area contributed by atoms with Crippen molar-refractivity contribution in [3.8, 4) is 0 Å². The number of halogens is 2. The van der Waals surface area contributed by atoms with Crippen molar-refractivity contribution in [1.29, 1.82) is 0 Å². The molecular formula is C18H19Cl2N5O2. The second-order valence-electron chi connectivity index (χ2n) is 6.03. The molecule has 0 aliphatic heterocycles. The number of primary amides is 1. The number of hydrogen-bond donors (Lipinski definition) is 3. The van der Waals surface area contributed by atoms with E-state index in [2.05, 4.69) is 15.3 Å². The van der Waals surface area contributed by atoms with Crippen LogP contribution in [-0.4, -0.2) is 38.7 Å². The molecule has 0 bridgehead atoms. The lowest BCUT2D eigenvalue weighted by Gasteiger charge is -2.19. The number of imidazole rings is 1. The minimum atomic E-state index is -0.723. The highest BCUT2D eigenvalue weighted by Crippen LogP contribution is 2.28. The maximum Gasteiger partial charge on any atom is 0.241 e. The summed E-state index contributed by atoms with van der Waals surface area (Å²) in [6.07, 6.45) is 2.49. The first kappa shape index (κ1) is 19.4. The molecule has 0 saturated heterocycles. The molecule has 0 aliphatic rings. The number of aliphatic hydroxyl groups is 1. The Morgan fingerprint density at radius 2 is 2.11 bits per heavy atom. The number of hydrogen-bond acceptors (Lipinski definition) is 5. The van der Waals surface area contributed by atoms with Crippen LogP contribution < -0.4 is 11.1 Å². The first-order valence-electron chi connectivity index (χ1n) is 8.42. The summed E-state index contributed by atoms with van der Waals surface area (Å²) in [5.41, 5.74) is 7.72. The molecule has 0 saturated carbocycles. The van der Waals surface area contributed by atoms with Crippen LogP contribution >= 0.6 is 23.2 Å². The number of nitrogens with zero attached hydrogens (tertiary/aromatic N) is 3. The molecule has 0 aliphatic carbocycles. The maximum atomic E-state index is 12.3. The van der Waals surface area contributed by atoms with E-state index in [0.717, 1.165) is 5.56 Å². The Bertz CT molecular complexity index is 960. The van der Waals surface area contributed by atoms with Crippen LogP contribution in [0.1, 0.15) is 18.0 Å². The fourth-order valence-corrected chi connectivity index (χ4v) is 3.16. The predicted molar refractivity (Wildman–Crippen MR) is 106 cm³/mol. The van der Waals surface area contributed by atoms with Crippen molar-refractivity contribution in [3.63, 3.8) is 0 Å². The summed E-state index contributed by atoms with van der Waals surface area (Å²) < 4.78 is 1.69. The van der Waals surface area contributed by atoms with E-state index in [1.807, 2.05) is 6.07 Å². The van der Waals surface area contributed by atoms with Gasteiger partial charge < -0.3 is 16.2 Å². The predicted octanol–water partition coefficient (Wildman–Crippen LogP) is 2.80. The zero-order chi connectivity index (χ0) is 19.4. The highest BCUT2D eigenvalue weighted by atomic mass is 35.5. The van der Waals surface area contributed by atoms with Gasteiger partial charge >= 0.3 is 0 Å². The molecule has 1 unspecified atom stereocenters. The molecule has 0 fully saturated rings. The third kappa shape index (κ3) is 4.32. The maximum absolute atomic E-state index is 12.3. The summed E-state index contributed by atoms with van der Waals surface area (Å²) in [5, 5.41) is 13.0. The van der Waals surface area contributed by atoms with E-state index in [4.69, 9.17) is 34.0 Å². The Labute approximate surface area is 166 Å². The first-order valence-corrected chi connectivity index (χ1v) is 9.17. The molecule has 2 heterocycles. The summed E-state index contributed by atoms with van der Waals surface area (Å²) in [7, 11) is 0. The number of carbonyl (C=O) groups is 1. The number of aromatic nitrogens is 3. The standard InChI is InChI=1S/C18H19Cl2N5O2/c19-12-5-4-11(9-13(12)20)10-15(16(21)27)25-17-14(3-1-6-22-17)24-18(25)23-7-2-8-26/h1,3-6,9,15,26H,2,7-8,10H2,(H2,21,27)(H,23,24). The van der Waals surface area contributed by atoms with Crippen LogP contribution in [0.25, 0.3) is 11.2 Å². The lowest BCUT2D eigenvalue weighted by atomic mass is 10.1. The minimum Gasteiger partial charge on any atom is -0.396 e. The van der Waals surface area contributed by atoms with E-state index < -0.39 is 11.9 Å². The van der Waals surface area contributed by atoms with Gasteiger partial charge in [0.2, 0.25) is 11.9 Å². The molecule has 9 heteroatoms. The second-order valence-corrected chi connectivity index (χ2v) is 6.84. The smallest absolute Gasteiger partial charge is 0.241 e. The van der Waals surface area contributed by atoms with Crippen molar-refractivity contribution in [2.75, 3.05) is 18.5 Å². The molecule has 27 heavy (non-hydrogen) atoms. The zero-order valence-electron chi connectivity index (χ0n) is 14.4. The third-order valence-electron chi connectivity index (χ3n) is 4.12. The third-order valence-corrected chi connectivity index (χ3v) is 4.86. The lowest BCUT2D eigenvalue weighted by molar-refractivity contribution is -0.121. The van der Waals surface area contributed by atoms with E-state index >= 15 is 0 Å². The number of nitrogens with two attached hydrogens (primary N) is 1. The van der Waals surface area contributed by atoms with E-state index in [1.54, 1.807) is 35.0 Å². The molecule has 0 radical (unpaired) electrons. The SMILES string of the molecule is NC(=O)C(Cc1ccc(Cl)c(Cl)c1)n1c(NCCCO)nc2cccnc21. The second kappa shape index (κ2) is 8.56. The van der Waals surface area contributed by atoms with Gasteiger partial charge in [0, 0.05) is 25.8 Å². The van der Waals surface area contributed by atoms with Crippen molar-refractivity contribution in [1.82, 2.24) is 14.5 Å². The van der Waals surface area contributed by atoms with Gasteiger partial charge in [-0.1, -0.05) is 29.3 Å². The Balaban J connectivity index is 2.03. The van der Waals surface area contributed by atoms with Gasteiger partial charge in [-0.25, -0.2) is 9.97 Å². The fraction of sp³-hybridized carbons (Fsp3) is 0.278. The normalized spacial score (nSPS) is 12.3. The number of aliphatic hydroxyl groups excluding tert-OH is 1. The highest BCUT2D eigenvalue weighted by Gasteiger charge is 2.25. The molecule has 3 rings (SSSR count). The van der Waals surface area contributed by atoms with Gasteiger partial charge in [-0.05, 0) is 36.2 Å². The van der Waals surface area contributed by atoms with E-state index in [-0.39, 0.29) is 6.61 Å². The molecule has 1 aromatic carbocycles. The molecule has 2 aromatic heterocycles. The lowest BCUT2D eigenvalue weighted by Crippen LogP contribution is -2.29. The molecule has 0 spiro atoms. The Morgan fingerprint density at radius 3 is 2.81 bits per heavy atom. The quantitative estimate of drug-likeness (QED) is 0.497. The Hall–Kier alpha value is -2.35. The fourth-order valence-electron chi connectivity index (χ4n) is 2.84. The number of fused-ring (bicyclic) bond motifs is 1. The number of benzene rings is 1. The minimum absolute atomic E-state index is 0.0496. The van der Waals surface area contributed by atoms with Crippen molar-refractivity contribution in [2.24, 2.45) is 5.73 Å². The molecule has 1 amide bonds. The molecule has 3 aromatic rings. The van der Waals surface area contributed by atoms with Crippen LogP contribution in [0.15, 0.2) is 36.5 Å². The van der Waals surface area contributed by atoms with Crippen LogP contribution in [0.4, 0.5) is 5.95 Å². The summed E-state index contributed by atoms with van der Waals surface area (Å²) in [4.78, 5) is 21.2. The number of carbonyl (C=O) groups excluding carboxylic acids is 1. The molecule has 4 N–H and O–H groups in total. The van der Waals surface area contributed by atoms with Gasteiger partial charge in [-0.3, -0.25) is 9.36 Å². The van der Waals surface area contributed by atoms with Crippen LogP contribution in [0.5, 0.6) is 0 Å². The largest absolute Gasteiger partial charge is 0.396 e. The van der Waals surface area contributed by atoms with E-state index in [0.29, 0.717) is 46.5 Å². The van der Waals surface area contributed by atoms with Crippen molar-refractivity contribution in [2.45, 2.75) is 18.9 Å². The van der Waals surface area contributed by atoms with Gasteiger partial charge in [-0.2, -0.15) is 0 Å². The monoisotopic (exact) mass is 407 g/mol. The average Bonchev–Trinajstić information content (AvgIpc) is 3.00. The van der Waals surface area contributed by atoms with Crippen molar-refractivity contribution in [3.05, 3.63) is 52.1 Å². The van der Waals surface area contributed by atoms with E-state index in [9.17, 15) is 4.79 Å². The Kier molecular flexibility index (Phi) is 6.15. The van der Waals surface area contributed by atoms with Crippen LogP contribution in [0, 0.1) is 0 Å². The van der Waals surface area contributed by atoms with Crippen molar-refractivity contribution < 1.29 is 9.90 Å². The van der Waals surface area contributed by atoms with Crippen LogP contribution in [0.3, 0.4) is 0 Å². The summed E-state index contributed by atoms with van der Waals surface area (Å²) in [6.45, 7) is 0.548. The van der Waals surface area contributed by atoms with Crippen LogP contribution in [-0.2, 0) is 11.2 Å². The number of nitrogens with one attached hydrogen (secondary N) is 1. The average molecular weight is 408 g/mol. The highest BCUT2D eigenvalue weighted by molar-refractivity contribution is 6.42. The first-order chi connectivity index (χ1) is 13.0. The Morgan fingerprint density at radius 1 is 1.30 bits per heavy atom. The summed E-state index contributed by atoms with van der Waals surface area (Å²) >= 11 is 12.1. The van der Waals surface area contributed by atoms with Gasteiger partial charge in [0.15, 0.2) is 5.65 Å². The summed E-state index contributed by atoms with van der Waals surface area (Å²) in [5.74, 6) is -0.0442.